The molecular weight excluding hydrogens is 302 g/mol. The molecule has 1 unspecified atom stereocenters. The van der Waals surface area contributed by atoms with Crippen molar-refractivity contribution < 1.29 is 14.3 Å². The third-order valence-corrected chi connectivity index (χ3v) is 3.58. The second-order valence-corrected chi connectivity index (χ2v) is 5.58. The summed E-state index contributed by atoms with van der Waals surface area (Å²) in [5.74, 6) is 1.41. The number of aldehydes is 1. The summed E-state index contributed by atoms with van der Waals surface area (Å²) < 4.78 is 11.4. The highest BCUT2D eigenvalue weighted by molar-refractivity contribution is 5.56. The van der Waals surface area contributed by atoms with Gasteiger partial charge in [0.2, 0.25) is 6.23 Å². The van der Waals surface area contributed by atoms with Crippen LogP contribution >= 0.6 is 0 Å². The zero-order valence-corrected chi connectivity index (χ0v) is 14.1. The van der Waals surface area contributed by atoms with Crippen molar-refractivity contribution in [2.45, 2.75) is 39.0 Å². The van der Waals surface area contributed by atoms with Crippen LogP contribution in [-0.2, 0) is 11.4 Å². The summed E-state index contributed by atoms with van der Waals surface area (Å²) in [7, 11) is 0. The van der Waals surface area contributed by atoms with Crippen LogP contribution in [0.2, 0.25) is 0 Å². The molecule has 0 heterocycles. The van der Waals surface area contributed by atoms with E-state index in [0.717, 1.165) is 43.4 Å². The first-order chi connectivity index (χ1) is 11.8. The predicted octanol–water partition coefficient (Wildman–Crippen LogP) is 3.95. The van der Waals surface area contributed by atoms with Gasteiger partial charge in [-0.25, -0.2) is 0 Å². The zero-order valence-electron chi connectivity index (χ0n) is 14.1. The lowest BCUT2D eigenvalue weighted by Gasteiger charge is -2.15. The van der Waals surface area contributed by atoms with Gasteiger partial charge in [0, 0.05) is 0 Å². The minimum Gasteiger partial charge on any atom is -0.489 e. The second kappa shape index (κ2) is 10.4. The Balaban J connectivity index is 1.79. The second-order valence-electron chi connectivity index (χ2n) is 5.58. The standard InChI is InChI=1S/C20H25NO3/c1-2-3-7-14-21-20(15-22)24-19-12-10-18(11-13-19)23-16-17-8-5-4-6-9-17/h4-6,8-13,15,20-21H,2-3,7,14,16H2,1H3. The van der Waals surface area contributed by atoms with Crippen LogP contribution in [0.5, 0.6) is 11.5 Å². The van der Waals surface area contributed by atoms with Crippen molar-refractivity contribution >= 4 is 6.29 Å². The van der Waals surface area contributed by atoms with E-state index in [4.69, 9.17) is 9.47 Å². The molecule has 0 fully saturated rings. The van der Waals surface area contributed by atoms with Gasteiger partial charge in [0.05, 0.1) is 0 Å². The van der Waals surface area contributed by atoms with Gasteiger partial charge in [-0.05, 0) is 42.8 Å². The molecule has 0 aliphatic heterocycles. The molecule has 0 amide bonds. The molecule has 0 aliphatic carbocycles. The third-order valence-electron chi connectivity index (χ3n) is 3.58. The van der Waals surface area contributed by atoms with E-state index in [-0.39, 0.29) is 0 Å². The smallest absolute Gasteiger partial charge is 0.206 e. The number of nitrogens with one attached hydrogen (secondary N) is 1. The maximum atomic E-state index is 11.1. The number of ether oxygens (including phenoxy) is 2. The zero-order chi connectivity index (χ0) is 17.0. The van der Waals surface area contributed by atoms with E-state index in [1.807, 2.05) is 54.6 Å². The Kier molecular flexibility index (Phi) is 7.84. The van der Waals surface area contributed by atoms with Crippen molar-refractivity contribution in [2.24, 2.45) is 0 Å². The topological polar surface area (TPSA) is 47.6 Å². The maximum absolute atomic E-state index is 11.1. The first-order valence-corrected chi connectivity index (χ1v) is 8.44. The number of rotatable bonds is 11. The molecule has 0 spiro atoms. The van der Waals surface area contributed by atoms with Crippen LogP contribution in [0.4, 0.5) is 0 Å². The molecule has 2 aromatic rings. The lowest BCUT2D eigenvalue weighted by Crippen LogP contribution is -2.36. The van der Waals surface area contributed by atoms with E-state index in [9.17, 15) is 4.79 Å². The lowest BCUT2D eigenvalue weighted by atomic mass is 10.2. The van der Waals surface area contributed by atoms with Crippen LogP contribution in [0.15, 0.2) is 54.6 Å². The summed E-state index contributed by atoms with van der Waals surface area (Å²) >= 11 is 0. The van der Waals surface area contributed by atoms with E-state index in [0.29, 0.717) is 12.4 Å². The lowest BCUT2D eigenvalue weighted by molar-refractivity contribution is -0.114. The fourth-order valence-corrected chi connectivity index (χ4v) is 2.24. The van der Waals surface area contributed by atoms with Crippen LogP contribution < -0.4 is 14.8 Å². The number of hydrogen-bond acceptors (Lipinski definition) is 4. The molecule has 0 bridgehead atoms. The van der Waals surface area contributed by atoms with E-state index in [1.54, 1.807) is 0 Å². The Labute approximate surface area is 143 Å². The summed E-state index contributed by atoms with van der Waals surface area (Å²) in [4.78, 5) is 11.1. The van der Waals surface area contributed by atoms with Gasteiger partial charge in [-0.3, -0.25) is 10.1 Å². The van der Waals surface area contributed by atoms with Gasteiger partial charge in [-0.1, -0.05) is 50.1 Å². The van der Waals surface area contributed by atoms with Gasteiger partial charge in [0.25, 0.3) is 0 Å². The van der Waals surface area contributed by atoms with Crippen molar-refractivity contribution in [1.82, 2.24) is 5.32 Å². The molecule has 1 atom stereocenters. The molecule has 0 aromatic heterocycles. The van der Waals surface area contributed by atoms with E-state index >= 15 is 0 Å². The van der Waals surface area contributed by atoms with Crippen LogP contribution in [0.3, 0.4) is 0 Å². The van der Waals surface area contributed by atoms with Crippen LogP contribution in [-0.4, -0.2) is 19.1 Å². The normalized spacial score (nSPS) is 11.7. The highest BCUT2D eigenvalue weighted by Crippen LogP contribution is 2.19. The molecule has 4 heteroatoms. The Bertz CT molecular complexity index is 584. The van der Waals surface area contributed by atoms with Crippen molar-refractivity contribution in [3.05, 3.63) is 60.2 Å². The maximum Gasteiger partial charge on any atom is 0.206 e. The number of benzene rings is 2. The molecule has 4 nitrogen and oxygen atoms in total. The van der Waals surface area contributed by atoms with Crippen molar-refractivity contribution in [3.8, 4) is 11.5 Å². The van der Waals surface area contributed by atoms with E-state index < -0.39 is 6.23 Å². The summed E-state index contributed by atoms with van der Waals surface area (Å²) in [6.45, 7) is 3.45. The Morgan fingerprint density at radius 1 is 1.00 bits per heavy atom. The average molecular weight is 327 g/mol. The van der Waals surface area contributed by atoms with Crippen LogP contribution in [0.1, 0.15) is 31.7 Å². The quantitative estimate of drug-likeness (QED) is 0.386. The average Bonchev–Trinajstić information content (AvgIpc) is 2.64. The van der Waals surface area contributed by atoms with E-state index in [2.05, 4.69) is 12.2 Å². The highest BCUT2D eigenvalue weighted by atomic mass is 16.5. The Morgan fingerprint density at radius 2 is 1.71 bits per heavy atom. The van der Waals surface area contributed by atoms with Gasteiger partial charge in [0.15, 0.2) is 6.29 Å². The molecule has 128 valence electrons. The minimum absolute atomic E-state index is 0.525. The van der Waals surface area contributed by atoms with Crippen LogP contribution in [0.25, 0.3) is 0 Å². The molecular formula is C20H25NO3. The van der Waals surface area contributed by atoms with E-state index in [1.165, 1.54) is 0 Å². The molecule has 24 heavy (non-hydrogen) atoms. The van der Waals surface area contributed by atoms with Crippen molar-refractivity contribution in [3.63, 3.8) is 0 Å². The first-order valence-electron chi connectivity index (χ1n) is 8.44. The van der Waals surface area contributed by atoms with Gasteiger partial charge in [-0.15, -0.1) is 0 Å². The van der Waals surface area contributed by atoms with Crippen molar-refractivity contribution in [2.75, 3.05) is 6.54 Å². The summed E-state index contributed by atoms with van der Waals surface area (Å²) in [6, 6.07) is 17.3. The van der Waals surface area contributed by atoms with Gasteiger partial charge in [-0.2, -0.15) is 0 Å². The first kappa shape index (κ1) is 18.0. The molecule has 2 aromatic carbocycles. The Hall–Kier alpha value is -2.33. The predicted molar refractivity (Wildman–Crippen MR) is 95.2 cm³/mol. The fourth-order valence-electron chi connectivity index (χ4n) is 2.24. The molecule has 0 saturated heterocycles. The number of unbranched alkanes of at least 4 members (excludes halogenated alkanes) is 2. The monoisotopic (exact) mass is 327 g/mol. The number of carbonyl (C=O) groups excluding carboxylic acids is 1. The molecule has 0 aliphatic rings. The highest BCUT2D eigenvalue weighted by Gasteiger charge is 2.07. The van der Waals surface area contributed by atoms with Gasteiger partial charge < -0.3 is 9.47 Å². The summed E-state index contributed by atoms with van der Waals surface area (Å²) in [5, 5.41) is 3.09. The Morgan fingerprint density at radius 3 is 2.38 bits per heavy atom. The fraction of sp³-hybridized carbons (Fsp3) is 0.350. The molecule has 2 rings (SSSR count). The summed E-state index contributed by atoms with van der Waals surface area (Å²) in [5.41, 5.74) is 1.12. The largest absolute Gasteiger partial charge is 0.489 e. The minimum atomic E-state index is -0.613. The number of carbonyl (C=O) groups is 1. The van der Waals surface area contributed by atoms with Crippen molar-refractivity contribution in [1.29, 1.82) is 0 Å². The third kappa shape index (κ3) is 6.42. The number of hydrogen-bond donors (Lipinski definition) is 1. The van der Waals surface area contributed by atoms with Crippen LogP contribution in [0, 0.1) is 0 Å². The summed E-state index contributed by atoms with van der Waals surface area (Å²) in [6.07, 6.45) is 3.51. The molecule has 0 radical (unpaired) electrons. The molecule has 1 N–H and O–H groups in total. The van der Waals surface area contributed by atoms with Gasteiger partial charge >= 0.3 is 0 Å². The molecule has 0 saturated carbocycles. The van der Waals surface area contributed by atoms with Gasteiger partial charge in [0.1, 0.15) is 18.1 Å². The SMILES string of the molecule is CCCCCNC(C=O)Oc1ccc(OCc2ccccc2)cc1.